The molecule has 0 amide bonds. The van der Waals surface area contributed by atoms with Crippen molar-refractivity contribution in [2.75, 3.05) is 0 Å². The van der Waals surface area contributed by atoms with E-state index in [1.807, 2.05) is 36.1 Å². The largest absolute Gasteiger partial charge is 0.364 e. The summed E-state index contributed by atoms with van der Waals surface area (Å²) >= 11 is 1.68. The lowest BCUT2D eigenvalue weighted by Gasteiger charge is -2.11. The Balaban J connectivity index is 2.09. The minimum Gasteiger partial charge on any atom is -0.364 e. The van der Waals surface area contributed by atoms with E-state index in [1.165, 1.54) is 0 Å². The molecular formula is C12H11N3S. The van der Waals surface area contributed by atoms with Gasteiger partial charge in [0.2, 0.25) is 0 Å². The molecule has 3 nitrogen and oxygen atoms in total. The Morgan fingerprint density at radius 1 is 1.06 bits per heavy atom. The molecule has 3 aromatic rings. The lowest BCUT2D eigenvalue weighted by molar-refractivity contribution is 0.885. The zero-order valence-electron chi connectivity index (χ0n) is 8.55. The first-order chi connectivity index (χ1) is 7.95. The molecule has 0 saturated carbocycles. The molecule has 0 fully saturated rings. The van der Waals surface area contributed by atoms with Crippen LogP contribution < -0.4 is 0 Å². The van der Waals surface area contributed by atoms with Crippen LogP contribution in [0.1, 0.15) is 22.3 Å². The Bertz CT molecular complexity index is 441. The van der Waals surface area contributed by atoms with Crippen molar-refractivity contribution in [1.82, 2.24) is 15.0 Å². The molecule has 0 aliphatic heterocycles. The monoisotopic (exact) mass is 229 g/mol. The fourth-order valence-corrected chi connectivity index (χ4v) is 2.63. The van der Waals surface area contributed by atoms with Crippen molar-refractivity contribution >= 4 is 11.3 Å². The van der Waals surface area contributed by atoms with Crippen molar-refractivity contribution in [1.29, 1.82) is 0 Å². The third-order valence-corrected chi connectivity index (χ3v) is 3.40. The molecule has 3 aromatic heterocycles. The molecule has 3 rings (SSSR count). The molecule has 16 heavy (non-hydrogen) atoms. The summed E-state index contributed by atoms with van der Waals surface area (Å²) in [4.78, 5) is 10.9. The molecule has 0 radical (unpaired) electrons. The summed E-state index contributed by atoms with van der Waals surface area (Å²) < 4.78 is 0. The second-order valence-electron chi connectivity index (χ2n) is 3.55. The van der Waals surface area contributed by atoms with Crippen molar-refractivity contribution < 1.29 is 0 Å². The van der Waals surface area contributed by atoms with E-state index >= 15 is 0 Å². The smallest absolute Gasteiger partial charge is 0.107 e. The van der Waals surface area contributed by atoms with E-state index in [0.717, 1.165) is 16.4 Å². The van der Waals surface area contributed by atoms with Crippen molar-refractivity contribution in [3.05, 3.63) is 64.6 Å². The molecule has 0 unspecified atom stereocenters. The Morgan fingerprint density at radius 2 is 1.75 bits per heavy atom. The highest BCUT2D eigenvalue weighted by atomic mass is 32.1. The van der Waals surface area contributed by atoms with Gasteiger partial charge in [0.1, 0.15) is 5.01 Å². The van der Waals surface area contributed by atoms with Crippen molar-refractivity contribution in [2.45, 2.75) is 5.92 Å². The minimum absolute atomic E-state index is 0.185. The van der Waals surface area contributed by atoms with Crippen LogP contribution in [-0.4, -0.2) is 15.0 Å². The fraction of sp³-hybridized carbons (Fsp3) is 0.0833. The summed E-state index contributed by atoms with van der Waals surface area (Å²) in [5, 5.41) is 3.11. The maximum Gasteiger partial charge on any atom is 0.107 e. The number of nitrogens with zero attached hydrogens (tertiary/aromatic N) is 1. The summed E-state index contributed by atoms with van der Waals surface area (Å²) in [5.74, 6) is 0.185. The maximum atomic E-state index is 4.41. The van der Waals surface area contributed by atoms with Gasteiger partial charge in [-0.2, -0.15) is 0 Å². The summed E-state index contributed by atoms with van der Waals surface area (Å²) in [7, 11) is 0. The number of nitrogens with one attached hydrogen (secondary N) is 2. The number of H-pyrrole nitrogens is 2. The van der Waals surface area contributed by atoms with Gasteiger partial charge < -0.3 is 9.97 Å². The number of hydrogen-bond donors (Lipinski definition) is 2. The molecular weight excluding hydrogens is 218 g/mol. The van der Waals surface area contributed by atoms with Gasteiger partial charge in [0.15, 0.2) is 0 Å². The first-order valence-corrected chi connectivity index (χ1v) is 5.99. The second kappa shape index (κ2) is 3.98. The lowest BCUT2D eigenvalue weighted by Crippen LogP contribution is -2.03. The van der Waals surface area contributed by atoms with Crippen LogP contribution in [0, 0.1) is 0 Å². The van der Waals surface area contributed by atoms with Gasteiger partial charge in [-0.1, -0.05) is 0 Å². The summed E-state index contributed by atoms with van der Waals surface area (Å²) in [6.45, 7) is 0. The van der Waals surface area contributed by atoms with Crippen LogP contribution in [0.4, 0.5) is 0 Å². The Labute approximate surface area is 97.2 Å². The molecule has 80 valence electrons. The Hall–Kier alpha value is -1.81. The van der Waals surface area contributed by atoms with E-state index in [0.29, 0.717) is 0 Å². The maximum absolute atomic E-state index is 4.41. The van der Waals surface area contributed by atoms with Crippen LogP contribution in [0.15, 0.2) is 48.2 Å². The summed E-state index contributed by atoms with van der Waals surface area (Å²) in [6.07, 6.45) is 5.73. The molecule has 0 aromatic carbocycles. The lowest BCUT2D eigenvalue weighted by atomic mass is 10.0. The van der Waals surface area contributed by atoms with Gasteiger partial charge in [-0.25, -0.2) is 4.98 Å². The van der Waals surface area contributed by atoms with Crippen LogP contribution in [-0.2, 0) is 0 Å². The number of thiazole rings is 1. The summed E-state index contributed by atoms with van der Waals surface area (Å²) in [5.41, 5.74) is 2.33. The van der Waals surface area contributed by atoms with E-state index in [4.69, 9.17) is 0 Å². The molecule has 0 saturated heterocycles. The third kappa shape index (κ3) is 1.57. The van der Waals surface area contributed by atoms with Gasteiger partial charge in [0.05, 0.1) is 5.92 Å². The molecule has 2 N–H and O–H groups in total. The highest BCUT2D eigenvalue weighted by molar-refractivity contribution is 7.09. The standard InChI is InChI=1S/C12H11N3S/c1-3-9(13-5-1)11(10-4-2-6-14-10)12-15-7-8-16-12/h1-8,11,13-14H. The zero-order valence-corrected chi connectivity index (χ0v) is 9.37. The van der Waals surface area contributed by atoms with E-state index < -0.39 is 0 Å². The van der Waals surface area contributed by atoms with Crippen LogP contribution in [0.25, 0.3) is 0 Å². The molecule has 0 spiro atoms. The van der Waals surface area contributed by atoms with Gasteiger partial charge in [-0.15, -0.1) is 11.3 Å². The van der Waals surface area contributed by atoms with Gasteiger partial charge in [0.25, 0.3) is 0 Å². The predicted molar refractivity (Wildman–Crippen MR) is 64.6 cm³/mol. The minimum atomic E-state index is 0.185. The van der Waals surface area contributed by atoms with Gasteiger partial charge in [-0.05, 0) is 24.3 Å². The van der Waals surface area contributed by atoms with Gasteiger partial charge in [0, 0.05) is 35.4 Å². The quantitative estimate of drug-likeness (QED) is 0.712. The average molecular weight is 229 g/mol. The average Bonchev–Trinajstić information content (AvgIpc) is 3.02. The normalized spacial score (nSPS) is 11.1. The molecule has 0 atom stereocenters. The van der Waals surface area contributed by atoms with E-state index in [9.17, 15) is 0 Å². The summed E-state index contributed by atoms with van der Waals surface area (Å²) in [6, 6.07) is 8.21. The van der Waals surface area contributed by atoms with Crippen molar-refractivity contribution in [2.24, 2.45) is 0 Å². The predicted octanol–water partition coefficient (Wildman–Crippen LogP) is 2.98. The number of aromatic amines is 2. The van der Waals surface area contributed by atoms with E-state index in [2.05, 4.69) is 27.1 Å². The van der Waals surface area contributed by atoms with E-state index in [1.54, 1.807) is 11.3 Å². The topological polar surface area (TPSA) is 44.5 Å². The highest BCUT2D eigenvalue weighted by Crippen LogP contribution is 2.30. The molecule has 4 heteroatoms. The van der Waals surface area contributed by atoms with Gasteiger partial charge >= 0.3 is 0 Å². The SMILES string of the molecule is c1c[nH]c(C(c2ccc[nH]2)c2nccs2)c1. The van der Waals surface area contributed by atoms with Gasteiger partial charge in [-0.3, -0.25) is 0 Å². The molecule has 0 bridgehead atoms. The van der Waals surface area contributed by atoms with Crippen LogP contribution in [0.3, 0.4) is 0 Å². The van der Waals surface area contributed by atoms with E-state index in [-0.39, 0.29) is 5.92 Å². The molecule has 0 aliphatic rings. The highest BCUT2D eigenvalue weighted by Gasteiger charge is 2.20. The second-order valence-corrected chi connectivity index (χ2v) is 4.48. The first-order valence-electron chi connectivity index (χ1n) is 5.11. The number of rotatable bonds is 3. The number of aromatic nitrogens is 3. The Kier molecular flexibility index (Phi) is 2.34. The van der Waals surface area contributed by atoms with Crippen LogP contribution in [0.2, 0.25) is 0 Å². The first kappa shape index (κ1) is 9.42. The Morgan fingerprint density at radius 3 is 2.19 bits per heavy atom. The van der Waals surface area contributed by atoms with Crippen LogP contribution in [0.5, 0.6) is 0 Å². The fourth-order valence-electron chi connectivity index (χ4n) is 1.86. The third-order valence-electron chi connectivity index (χ3n) is 2.56. The number of hydrogen-bond acceptors (Lipinski definition) is 2. The van der Waals surface area contributed by atoms with Crippen molar-refractivity contribution in [3.8, 4) is 0 Å². The molecule has 0 aliphatic carbocycles. The molecule has 3 heterocycles. The van der Waals surface area contributed by atoms with Crippen LogP contribution >= 0.6 is 11.3 Å². The van der Waals surface area contributed by atoms with Crippen molar-refractivity contribution in [3.63, 3.8) is 0 Å². The zero-order chi connectivity index (χ0) is 10.8.